The minimum absolute atomic E-state index is 0.0103. The van der Waals surface area contributed by atoms with Gasteiger partial charge < -0.3 is 15.5 Å². The molecule has 0 bridgehead atoms. The zero-order valence-corrected chi connectivity index (χ0v) is 19.8. The highest BCUT2D eigenvalue weighted by Crippen LogP contribution is 2.23. The van der Waals surface area contributed by atoms with E-state index < -0.39 is 9.84 Å². The van der Waals surface area contributed by atoms with Crippen molar-refractivity contribution >= 4 is 21.7 Å². The number of amides is 1. The molecule has 0 aliphatic carbocycles. The Morgan fingerprint density at radius 3 is 2.40 bits per heavy atom. The molecule has 0 spiro atoms. The van der Waals surface area contributed by atoms with E-state index in [1.54, 1.807) is 19.2 Å². The second-order valence-corrected chi connectivity index (χ2v) is 11.3. The highest BCUT2D eigenvalue weighted by molar-refractivity contribution is 7.91. The van der Waals surface area contributed by atoms with Crippen LogP contribution in [0.2, 0.25) is 0 Å². The molecule has 0 radical (unpaired) electrons. The first kappa shape index (κ1) is 24.2. The van der Waals surface area contributed by atoms with Crippen LogP contribution in [0.25, 0.3) is 0 Å². The number of carbonyl (C=O) groups is 1. The Morgan fingerprint density at radius 2 is 1.87 bits per heavy atom. The summed E-state index contributed by atoms with van der Waals surface area (Å²) in [6.07, 6.45) is 0.845. The first-order valence-corrected chi connectivity index (χ1v) is 12.2. The van der Waals surface area contributed by atoms with Crippen LogP contribution >= 0.6 is 0 Å². The summed E-state index contributed by atoms with van der Waals surface area (Å²) in [7, 11) is -1.73. The number of hydrogen-bond donors (Lipinski definition) is 2. The van der Waals surface area contributed by atoms with Gasteiger partial charge in [0.15, 0.2) is 15.8 Å². The molecule has 0 saturated carbocycles. The van der Waals surface area contributed by atoms with Gasteiger partial charge in [0.25, 0.3) is 0 Å². The Hall–Kier alpha value is -2.09. The standard InChI is InChI=1S/C22H36N4O3S/c1-16(2)20(27)26-13-11-18(15-26)25-21(23-6)24-12-14-30(28,29)19-9-7-17(8-10-19)22(3,4)5/h7-10,16,18H,11-15H2,1-6H3,(H2,23,24,25). The van der Waals surface area contributed by atoms with E-state index in [2.05, 4.69) is 36.4 Å². The number of nitrogens with zero attached hydrogens (tertiary/aromatic N) is 2. The van der Waals surface area contributed by atoms with Gasteiger partial charge in [-0.3, -0.25) is 9.79 Å². The number of nitrogens with one attached hydrogen (secondary N) is 2. The third-order valence-electron chi connectivity index (χ3n) is 5.30. The molecule has 1 aromatic carbocycles. The summed E-state index contributed by atoms with van der Waals surface area (Å²) >= 11 is 0. The van der Waals surface area contributed by atoms with Crippen molar-refractivity contribution < 1.29 is 13.2 Å². The molecule has 1 heterocycles. The fraction of sp³-hybridized carbons (Fsp3) is 0.636. The van der Waals surface area contributed by atoms with Crippen LogP contribution in [0.5, 0.6) is 0 Å². The Kier molecular flexibility index (Phi) is 7.91. The first-order chi connectivity index (χ1) is 13.9. The number of rotatable bonds is 6. The predicted octanol–water partition coefficient (Wildman–Crippen LogP) is 2.18. The number of likely N-dealkylation sites (tertiary alicyclic amines) is 1. The minimum atomic E-state index is -3.38. The van der Waals surface area contributed by atoms with Crippen LogP contribution in [0, 0.1) is 5.92 Å². The molecule has 8 heteroatoms. The summed E-state index contributed by atoms with van der Waals surface area (Å²) in [6.45, 7) is 11.7. The lowest BCUT2D eigenvalue weighted by molar-refractivity contribution is -0.133. The maximum absolute atomic E-state index is 12.6. The normalized spacial score (nSPS) is 18.0. The predicted molar refractivity (Wildman–Crippen MR) is 122 cm³/mol. The fourth-order valence-electron chi connectivity index (χ4n) is 3.42. The smallest absolute Gasteiger partial charge is 0.225 e. The van der Waals surface area contributed by atoms with Gasteiger partial charge in [-0.05, 0) is 29.5 Å². The molecule has 1 fully saturated rings. The molecular formula is C22H36N4O3S. The molecule has 30 heavy (non-hydrogen) atoms. The monoisotopic (exact) mass is 436 g/mol. The summed E-state index contributed by atoms with van der Waals surface area (Å²) < 4.78 is 25.3. The van der Waals surface area contributed by atoms with E-state index in [1.807, 2.05) is 30.9 Å². The molecule has 1 aromatic rings. The van der Waals surface area contributed by atoms with Gasteiger partial charge in [0, 0.05) is 38.6 Å². The highest BCUT2D eigenvalue weighted by Gasteiger charge is 2.28. The van der Waals surface area contributed by atoms with Gasteiger partial charge in [0.1, 0.15) is 0 Å². The van der Waals surface area contributed by atoms with E-state index in [-0.39, 0.29) is 35.6 Å². The molecule has 1 amide bonds. The van der Waals surface area contributed by atoms with Crippen molar-refractivity contribution in [1.29, 1.82) is 0 Å². The average molecular weight is 437 g/mol. The van der Waals surface area contributed by atoms with Gasteiger partial charge in [-0.15, -0.1) is 0 Å². The Balaban J connectivity index is 1.86. The zero-order valence-electron chi connectivity index (χ0n) is 19.0. The van der Waals surface area contributed by atoms with Crippen LogP contribution in [-0.2, 0) is 20.0 Å². The van der Waals surface area contributed by atoms with Gasteiger partial charge in [0.2, 0.25) is 5.91 Å². The van der Waals surface area contributed by atoms with Gasteiger partial charge in [-0.2, -0.15) is 0 Å². The van der Waals surface area contributed by atoms with Gasteiger partial charge in [0.05, 0.1) is 10.6 Å². The van der Waals surface area contributed by atoms with Crippen molar-refractivity contribution in [2.75, 3.05) is 32.4 Å². The van der Waals surface area contributed by atoms with Gasteiger partial charge >= 0.3 is 0 Å². The summed E-state index contributed by atoms with van der Waals surface area (Å²) in [5.41, 5.74) is 1.09. The van der Waals surface area contributed by atoms with Crippen LogP contribution in [-0.4, -0.2) is 63.7 Å². The first-order valence-electron chi connectivity index (χ1n) is 10.5. The molecule has 1 atom stereocenters. The number of hydrogen-bond acceptors (Lipinski definition) is 4. The van der Waals surface area contributed by atoms with Crippen molar-refractivity contribution in [3.05, 3.63) is 29.8 Å². The van der Waals surface area contributed by atoms with Crippen LogP contribution in [0.1, 0.15) is 46.6 Å². The molecule has 1 saturated heterocycles. The van der Waals surface area contributed by atoms with Gasteiger partial charge in [-0.25, -0.2) is 8.42 Å². The number of carbonyl (C=O) groups excluding carboxylic acids is 1. The molecule has 2 rings (SSSR count). The molecule has 1 aliphatic rings. The lowest BCUT2D eigenvalue weighted by Gasteiger charge is -2.20. The third kappa shape index (κ3) is 6.45. The van der Waals surface area contributed by atoms with E-state index in [4.69, 9.17) is 0 Å². The van der Waals surface area contributed by atoms with E-state index in [1.165, 1.54) is 0 Å². The van der Waals surface area contributed by atoms with Crippen molar-refractivity contribution in [3.8, 4) is 0 Å². The quantitative estimate of drug-likeness (QED) is 0.527. The summed E-state index contributed by atoms with van der Waals surface area (Å²) in [5, 5.41) is 6.37. The van der Waals surface area contributed by atoms with Crippen LogP contribution in [0.15, 0.2) is 34.2 Å². The average Bonchev–Trinajstić information content (AvgIpc) is 3.14. The topological polar surface area (TPSA) is 90.9 Å². The molecule has 168 valence electrons. The van der Waals surface area contributed by atoms with Crippen molar-refractivity contribution in [1.82, 2.24) is 15.5 Å². The van der Waals surface area contributed by atoms with Crippen LogP contribution in [0.3, 0.4) is 0 Å². The van der Waals surface area contributed by atoms with E-state index >= 15 is 0 Å². The number of aliphatic imine (C=N–C) groups is 1. The number of benzene rings is 1. The maximum atomic E-state index is 12.6. The second-order valence-electron chi connectivity index (χ2n) is 9.16. The number of guanidine groups is 1. The summed E-state index contributed by atoms with van der Waals surface area (Å²) in [5.74, 6) is 0.678. The van der Waals surface area contributed by atoms with Crippen molar-refractivity contribution in [2.24, 2.45) is 10.9 Å². The van der Waals surface area contributed by atoms with E-state index in [9.17, 15) is 13.2 Å². The van der Waals surface area contributed by atoms with Crippen molar-refractivity contribution in [3.63, 3.8) is 0 Å². The Bertz CT molecular complexity index is 855. The fourth-order valence-corrected chi connectivity index (χ4v) is 4.57. The van der Waals surface area contributed by atoms with Crippen LogP contribution in [0.4, 0.5) is 0 Å². The number of sulfone groups is 1. The largest absolute Gasteiger partial charge is 0.355 e. The maximum Gasteiger partial charge on any atom is 0.225 e. The second kappa shape index (κ2) is 9.81. The molecule has 2 N–H and O–H groups in total. The molecule has 1 unspecified atom stereocenters. The highest BCUT2D eigenvalue weighted by atomic mass is 32.2. The lowest BCUT2D eigenvalue weighted by Crippen LogP contribution is -2.46. The van der Waals surface area contributed by atoms with E-state index in [0.29, 0.717) is 17.4 Å². The summed E-state index contributed by atoms with van der Waals surface area (Å²) in [4.78, 5) is 18.5. The summed E-state index contributed by atoms with van der Waals surface area (Å²) in [6, 6.07) is 7.24. The van der Waals surface area contributed by atoms with Crippen molar-refractivity contribution in [2.45, 2.75) is 57.4 Å². The van der Waals surface area contributed by atoms with Gasteiger partial charge in [-0.1, -0.05) is 46.8 Å². The molecule has 7 nitrogen and oxygen atoms in total. The Morgan fingerprint density at radius 1 is 1.23 bits per heavy atom. The zero-order chi connectivity index (χ0) is 22.5. The SMILES string of the molecule is CN=C(NCCS(=O)(=O)c1ccc(C(C)(C)C)cc1)NC1CCN(C(=O)C(C)C)C1. The van der Waals surface area contributed by atoms with E-state index in [0.717, 1.165) is 18.5 Å². The Labute approximate surface area is 181 Å². The third-order valence-corrected chi connectivity index (χ3v) is 7.03. The minimum Gasteiger partial charge on any atom is -0.355 e. The molecule has 1 aliphatic heterocycles. The molecular weight excluding hydrogens is 400 g/mol. The molecule has 0 aromatic heterocycles. The lowest BCUT2D eigenvalue weighted by atomic mass is 9.87. The van der Waals surface area contributed by atoms with Crippen LogP contribution < -0.4 is 10.6 Å².